The smallest absolute Gasteiger partial charge is 0.00262 e. The van der Waals surface area contributed by atoms with Crippen LogP contribution in [0.1, 0.15) is 18.1 Å². The van der Waals surface area contributed by atoms with Crippen molar-refractivity contribution in [3.8, 4) is 44.5 Å². The monoisotopic (exact) mass is 586 g/mol. The van der Waals surface area contributed by atoms with Crippen LogP contribution in [0.15, 0.2) is 164 Å². The number of benzene rings is 8. The van der Waals surface area contributed by atoms with E-state index >= 15 is 0 Å². The van der Waals surface area contributed by atoms with Gasteiger partial charge in [0.1, 0.15) is 0 Å². The van der Waals surface area contributed by atoms with E-state index in [0.29, 0.717) is 0 Å². The summed E-state index contributed by atoms with van der Waals surface area (Å²) in [7, 11) is 0. The van der Waals surface area contributed by atoms with Gasteiger partial charge in [-0.2, -0.15) is 0 Å². The van der Waals surface area contributed by atoms with E-state index in [1.165, 1.54) is 88.0 Å². The quantitative estimate of drug-likeness (QED) is 0.176. The molecule has 8 aromatic rings. The van der Waals surface area contributed by atoms with Crippen LogP contribution in [0.5, 0.6) is 0 Å². The van der Waals surface area contributed by atoms with Crippen molar-refractivity contribution < 1.29 is 0 Å². The Labute approximate surface area is 270 Å². The third kappa shape index (κ3) is 4.89. The molecule has 0 N–H and O–H groups in total. The number of aryl methyl sites for hydroxylation is 1. The highest BCUT2D eigenvalue weighted by Crippen LogP contribution is 2.44. The highest BCUT2D eigenvalue weighted by atomic mass is 14.2. The van der Waals surface area contributed by atoms with Gasteiger partial charge in [0.25, 0.3) is 0 Å². The molecule has 0 aliphatic carbocycles. The molecule has 8 aromatic carbocycles. The van der Waals surface area contributed by atoms with E-state index in [1.54, 1.807) is 0 Å². The van der Waals surface area contributed by atoms with Crippen molar-refractivity contribution in [2.45, 2.75) is 13.8 Å². The van der Waals surface area contributed by atoms with Crippen molar-refractivity contribution in [2.24, 2.45) is 0 Å². The number of allylic oxidation sites excluding steroid dienone is 1. The van der Waals surface area contributed by atoms with E-state index in [2.05, 4.69) is 184 Å². The predicted molar refractivity (Wildman–Crippen MR) is 200 cm³/mol. The van der Waals surface area contributed by atoms with Gasteiger partial charge in [0.05, 0.1) is 0 Å². The van der Waals surface area contributed by atoms with Gasteiger partial charge in [0, 0.05) is 0 Å². The Balaban J connectivity index is 1.28. The van der Waals surface area contributed by atoms with Gasteiger partial charge in [-0.25, -0.2) is 0 Å². The molecule has 0 fully saturated rings. The summed E-state index contributed by atoms with van der Waals surface area (Å²) in [6.07, 6.45) is 4.30. The normalized spacial score (nSPS) is 11.6. The maximum Gasteiger partial charge on any atom is -0.00262 e. The molecule has 0 aromatic heterocycles. The van der Waals surface area contributed by atoms with Gasteiger partial charge in [-0.3, -0.25) is 0 Å². The zero-order valence-electron chi connectivity index (χ0n) is 26.2. The third-order valence-corrected chi connectivity index (χ3v) is 9.30. The first-order valence-electron chi connectivity index (χ1n) is 16.1. The molecular weight excluding hydrogens is 553 g/mol. The highest BCUT2D eigenvalue weighted by Gasteiger charge is 2.17. The Morgan fingerprint density at radius 1 is 0.370 bits per heavy atom. The molecule has 0 heteroatoms. The fourth-order valence-electron chi connectivity index (χ4n) is 6.98. The maximum atomic E-state index is 2.36. The van der Waals surface area contributed by atoms with Crippen molar-refractivity contribution in [1.29, 1.82) is 0 Å². The Morgan fingerprint density at radius 2 is 0.870 bits per heavy atom. The SMILES string of the molecule is C/C=C\c1cc(-c2cccc(-c3c4ccccc4c(-c4ccc(-c5ccc6ccccc6c5)cc4)c4ccccc34)c2)ccc1C. The molecule has 0 amide bonds. The fraction of sp³-hybridized carbons (Fsp3) is 0.0435. The molecule has 46 heavy (non-hydrogen) atoms. The van der Waals surface area contributed by atoms with Crippen LogP contribution in [0, 0.1) is 6.92 Å². The summed E-state index contributed by atoms with van der Waals surface area (Å²) in [6, 6.07) is 58.0. The molecule has 0 radical (unpaired) electrons. The lowest BCUT2D eigenvalue weighted by Gasteiger charge is -2.18. The Morgan fingerprint density at radius 3 is 1.54 bits per heavy atom. The second-order valence-corrected chi connectivity index (χ2v) is 12.1. The summed E-state index contributed by atoms with van der Waals surface area (Å²) >= 11 is 0. The van der Waals surface area contributed by atoms with Crippen molar-refractivity contribution in [2.75, 3.05) is 0 Å². The molecule has 0 heterocycles. The Kier molecular flexibility index (Phi) is 7.04. The van der Waals surface area contributed by atoms with Crippen molar-refractivity contribution in [1.82, 2.24) is 0 Å². The lowest BCUT2D eigenvalue weighted by Crippen LogP contribution is -1.91. The fourth-order valence-corrected chi connectivity index (χ4v) is 6.98. The molecular formula is C46H34. The van der Waals surface area contributed by atoms with Crippen LogP contribution in [-0.4, -0.2) is 0 Å². The second kappa shape index (κ2) is 11.7. The molecule has 0 unspecified atom stereocenters. The topological polar surface area (TPSA) is 0 Å². The molecule has 0 aliphatic heterocycles. The average molecular weight is 587 g/mol. The van der Waals surface area contributed by atoms with Gasteiger partial charge in [-0.15, -0.1) is 0 Å². The van der Waals surface area contributed by atoms with Crippen LogP contribution < -0.4 is 0 Å². The zero-order chi connectivity index (χ0) is 31.0. The molecule has 8 rings (SSSR count). The maximum absolute atomic E-state index is 2.36. The number of fused-ring (bicyclic) bond motifs is 3. The van der Waals surface area contributed by atoms with Gasteiger partial charge < -0.3 is 0 Å². The first-order valence-corrected chi connectivity index (χ1v) is 16.1. The van der Waals surface area contributed by atoms with Crippen molar-refractivity contribution >= 4 is 38.4 Å². The standard InChI is InChI=1S/C46H34/c1-3-11-35-28-39(21-20-31(35)2)37-14-10-15-40(30-37)46-43-18-8-6-16-41(43)45(42-17-7-9-19-44(42)46)34-25-22-33(23-26-34)38-27-24-32-12-4-5-13-36(32)29-38/h3-30H,1-2H3/b11-3-. The summed E-state index contributed by atoms with van der Waals surface area (Å²) in [5.74, 6) is 0. The van der Waals surface area contributed by atoms with E-state index in [1.807, 2.05) is 0 Å². The summed E-state index contributed by atoms with van der Waals surface area (Å²) in [5.41, 5.74) is 12.5. The van der Waals surface area contributed by atoms with Gasteiger partial charge in [0.15, 0.2) is 0 Å². The molecule has 218 valence electrons. The number of hydrogen-bond donors (Lipinski definition) is 0. The molecule has 0 spiro atoms. The summed E-state index contributed by atoms with van der Waals surface area (Å²) in [6.45, 7) is 4.25. The largest absolute Gasteiger partial charge is 0.0871 e. The van der Waals surface area contributed by atoms with Crippen LogP contribution >= 0.6 is 0 Å². The van der Waals surface area contributed by atoms with Crippen LogP contribution in [0.25, 0.3) is 82.9 Å². The predicted octanol–water partition coefficient (Wildman–Crippen LogP) is 13.2. The summed E-state index contributed by atoms with van der Waals surface area (Å²) in [5, 5.41) is 7.61. The van der Waals surface area contributed by atoms with E-state index in [4.69, 9.17) is 0 Å². The van der Waals surface area contributed by atoms with Gasteiger partial charge in [0.2, 0.25) is 0 Å². The van der Waals surface area contributed by atoms with Gasteiger partial charge in [-0.1, -0.05) is 152 Å². The van der Waals surface area contributed by atoms with Crippen LogP contribution in [-0.2, 0) is 0 Å². The summed E-state index contributed by atoms with van der Waals surface area (Å²) in [4.78, 5) is 0. The minimum absolute atomic E-state index is 1.23. The van der Waals surface area contributed by atoms with E-state index in [9.17, 15) is 0 Å². The van der Waals surface area contributed by atoms with Crippen molar-refractivity contribution in [3.63, 3.8) is 0 Å². The average Bonchev–Trinajstić information content (AvgIpc) is 3.11. The van der Waals surface area contributed by atoms with Crippen molar-refractivity contribution in [3.05, 3.63) is 175 Å². The second-order valence-electron chi connectivity index (χ2n) is 12.1. The summed E-state index contributed by atoms with van der Waals surface area (Å²) < 4.78 is 0. The molecule has 0 saturated heterocycles. The van der Waals surface area contributed by atoms with E-state index in [0.717, 1.165) is 0 Å². The highest BCUT2D eigenvalue weighted by molar-refractivity contribution is 6.21. The molecule has 0 saturated carbocycles. The first kappa shape index (κ1) is 27.8. The molecule has 0 aliphatic rings. The van der Waals surface area contributed by atoms with Crippen LogP contribution in [0.3, 0.4) is 0 Å². The molecule has 0 atom stereocenters. The van der Waals surface area contributed by atoms with Crippen LogP contribution in [0.2, 0.25) is 0 Å². The zero-order valence-corrected chi connectivity index (χ0v) is 26.2. The Hall–Kier alpha value is -5.72. The lowest BCUT2D eigenvalue weighted by molar-refractivity contribution is 1.44. The number of hydrogen-bond acceptors (Lipinski definition) is 0. The first-order chi connectivity index (χ1) is 22.7. The third-order valence-electron chi connectivity index (χ3n) is 9.30. The molecule has 0 bridgehead atoms. The van der Waals surface area contributed by atoms with Crippen LogP contribution in [0.4, 0.5) is 0 Å². The minimum atomic E-state index is 1.23. The van der Waals surface area contributed by atoms with E-state index in [-0.39, 0.29) is 0 Å². The van der Waals surface area contributed by atoms with E-state index < -0.39 is 0 Å². The lowest BCUT2D eigenvalue weighted by atomic mass is 9.85. The Bertz CT molecular complexity index is 2360. The molecule has 0 nitrogen and oxygen atoms in total. The van der Waals surface area contributed by atoms with Gasteiger partial charge >= 0.3 is 0 Å². The minimum Gasteiger partial charge on any atom is -0.0871 e. The van der Waals surface area contributed by atoms with Gasteiger partial charge in [-0.05, 0) is 120 Å². The number of rotatable bonds is 5.